The second-order valence-corrected chi connectivity index (χ2v) is 10.6. The molecule has 3 heterocycles. The van der Waals surface area contributed by atoms with Gasteiger partial charge in [-0.15, -0.1) is 0 Å². The summed E-state index contributed by atoms with van der Waals surface area (Å²) in [7, 11) is -12.0. The number of para-hydroxylation sites is 12. The van der Waals surface area contributed by atoms with Crippen molar-refractivity contribution in [3.63, 3.8) is 0 Å². The number of halogens is 8. The van der Waals surface area contributed by atoms with Crippen LogP contribution in [-0.2, 0) is 0 Å². The van der Waals surface area contributed by atoms with Crippen molar-refractivity contribution in [2.75, 3.05) is 0 Å². The van der Waals surface area contributed by atoms with Crippen LogP contribution in [0.3, 0.4) is 0 Å². The molecule has 0 amide bonds. The van der Waals surface area contributed by atoms with E-state index in [1.807, 2.05) is 146 Å². The summed E-state index contributed by atoms with van der Waals surface area (Å²) < 4.78 is 78.0. The Morgan fingerprint density at radius 3 is 0.365 bits per heavy atom. The summed E-state index contributed by atoms with van der Waals surface area (Å²) in [5.41, 5.74) is 11.4. The monoisotopic (exact) mass is 714 g/mol. The number of hydrogen-bond donors (Lipinski definition) is 0. The first-order valence-electron chi connectivity index (χ1n) is 15.4. The Bertz CT molecular complexity index is 1970. The lowest BCUT2D eigenvalue weighted by molar-refractivity contribution is 0.366. The summed E-state index contributed by atoms with van der Waals surface area (Å²) in [5, 5.41) is 0. The highest BCUT2D eigenvalue weighted by atomic mass is 19.5. The Kier molecular flexibility index (Phi) is 11.8. The Labute approximate surface area is 290 Å². The van der Waals surface area contributed by atoms with Gasteiger partial charge in [0.25, 0.3) is 0 Å². The quantitative estimate of drug-likeness (QED) is 0.0884. The molecule has 16 heteroatoms. The fraction of sp³-hybridized carbons (Fsp3) is 0. The highest BCUT2D eigenvalue weighted by Crippen LogP contribution is 2.17. The van der Waals surface area contributed by atoms with E-state index < -0.39 is 14.5 Å². The molecule has 52 heavy (non-hydrogen) atoms. The molecule has 0 aliphatic heterocycles. The average molecular weight is 714 g/mol. The van der Waals surface area contributed by atoms with E-state index >= 15 is 0 Å². The third kappa shape index (κ3) is 11.4. The Morgan fingerprint density at radius 1 is 0.212 bits per heavy atom. The van der Waals surface area contributed by atoms with Crippen LogP contribution in [0, 0.1) is 0 Å². The van der Waals surface area contributed by atoms with Crippen molar-refractivity contribution in [1.29, 1.82) is 0 Å². The first kappa shape index (κ1) is 37.0. The van der Waals surface area contributed by atoms with Gasteiger partial charge >= 0.3 is 14.5 Å². The Balaban J connectivity index is 0.000000134. The molecule has 9 aromatic rings. The van der Waals surface area contributed by atoms with Crippen molar-refractivity contribution >= 4 is 80.7 Å². The minimum atomic E-state index is -6.00. The van der Waals surface area contributed by atoms with Gasteiger partial charge in [0.1, 0.15) is 0 Å². The molecule has 262 valence electrons. The number of benzene rings is 6. The maximum absolute atomic E-state index is 9.75. The molecule has 0 atom stereocenters. The molecular formula is C36H24B2F8N6-2. The molecular weight excluding hydrogens is 690 g/mol. The smallest absolute Gasteiger partial charge is 0.418 e. The molecule has 0 saturated carbocycles. The molecule has 0 spiro atoms. The zero-order valence-electron chi connectivity index (χ0n) is 26.7. The van der Waals surface area contributed by atoms with Crippen LogP contribution in [0.25, 0.3) is 66.2 Å². The second kappa shape index (κ2) is 16.6. The van der Waals surface area contributed by atoms with Gasteiger partial charge in [-0.3, -0.25) is 0 Å². The van der Waals surface area contributed by atoms with E-state index in [0.29, 0.717) is 0 Å². The first-order chi connectivity index (χ1) is 24.8. The van der Waals surface area contributed by atoms with Crippen LogP contribution < -0.4 is 0 Å². The van der Waals surface area contributed by atoms with Crippen molar-refractivity contribution in [1.82, 2.24) is 29.9 Å². The third-order valence-corrected chi connectivity index (χ3v) is 6.74. The van der Waals surface area contributed by atoms with E-state index in [9.17, 15) is 34.5 Å². The van der Waals surface area contributed by atoms with Gasteiger partial charge in [0.2, 0.25) is 0 Å². The highest BCUT2D eigenvalue weighted by molar-refractivity contribution is 6.50. The van der Waals surface area contributed by atoms with Crippen LogP contribution in [0.15, 0.2) is 146 Å². The predicted octanol–water partition coefficient (Wildman–Crippen LogP) is 10.9. The average Bonchev–Trinajstić information content (AvgIpc) is 3.11. The highest BCUT2D eigenvalue weighted by Gasteiger charge is 2.21. The molecule has 3 aromatic heterocycles. The molecule has 0 radical (unpaired) electrons. The van der Waals surface area contributed by atoms with Gasteiger partial charge in [-0.2, -0.15) is 0 Å². The van der Waals surface area contributed by atoms with Crippen LogP contribution in [-0.4, -0.2) is 44.4 Å². The lowest BCUT2D eigenvalue weighted by Gasteiger charge is -1.98. The molecule has 6 nitrogen and oxygen atoms in total. The molecule has 0 aliphatic rings. The fourth-order valence-electron chi connectivity index (χ4n) is 4.70. The Hall–Kier alpha value is -6.31. The van der Waals surface area contributed by atoms with Gasteiger partial charge in [-0.25, -0.2) is 29.9 Å². The summed E-state index contributed by atoms with van der Waals surface area (Å²) in [6, 6.07) is 47.5. The van der Waals surface area contributed by atoms with Crippen molar-refractivity contribution in [2.45, 2.75) is 0 Å². The lowest BCUT2D eigenvalue weighted by atomic mass is 10.2. The molecule has 0 N–H and O–H groups in total. The molecule has 0 bridgehead atoms. The SMILES string of the molecule is F[B-](F)(F)F.F[B-](F)(F)F.c1ccc2nc3ccccc3nc2c1.c1ccc2nc3ccccc3nc2c1.c1ccc2nc3ccccc3nc2c1. The largest absolute Gasteiger partial charge is 0.673 e. The van der Waals surface area contributed by atoms with Gasteiger partial charge in [0.15, 0.2) is 0 Å². The van der Waals surface area contributed by atoms with Gasteiger partial charge in [0, 0.05) is 0 Å². The van der Waals surface area contributed by atoms with E-state index in [0.717, 1.165) is 66.2 Å². The van der Waals surface area contributed by atoms with E-state index in [2.05, 4.69) is 29.9 Å². The number of rotatable bonds is 0. The molecule has 0 unspecified atom stereocenters. The van der Waals surface area contributed by atoms with Crippen molar-refractivity contribution < 1.29 is 34.5 Å². The van der Waals surface area contributed by atoms with Crippen LogP contribution >= 0.6 is 0 Å². The van der Waals surface area contributed by atoms with E-state index in [-0.39, 0.29) is 0 Å². The second-order valence-electron chi connectivity index (χ2n) is 10.6. The molecule has 0 fully saturated rings. The molecule has 0 aliphatic carbocycles. The zero-order chi connectivity index (χ0) is 37.1. The summed E-state index contributed by atoms with van der Waals surface area (Å²) in [5.74, 6) is 0. The van der Waals surface area contributed by atoms with Gasteiger partial charge < -0.3 is 34.5 Å². The zero-order valence-corrected chi connectivity index (χ0v) is 26.7. The van der Waals surface area contributed by atoms with Crippen molar-refractivity contribution in [2.24, 2.45) is 0 Å². The minimum Gasteiger partial charge on any atom is -0.418 e. The van der Waals surface area contributed by atoms with Crippen LogP contribution in [0.2, 0.25) is 0 Å². The normalized spacial score (nSPS) is 11.1. The first-order valence-corrected chi connectivity index (χ1v) is 15.4. The standard InChI is InChI=1S/3C12H8N2.2BF4/c3*1-2-6-10-9(5-1)13-11-7-3-4-8-12(11)14-10;2*2-1(3,4)5/h3*1-8H;;/q;;;2*-1. The summed E-state index contributed by atoms with van der Waals surface area (Å²) in [6.45, 7) is 0. The summed E-state index contributed by atoms with van der Waals surface area (Å²) in [6.07, 6.45) is 0. The maximum Gasteiger partial charge on any atom is 0.673 e. The van der Waals surface area contributed by atoms with Gasteiger partial charge in [-0.1, -0.05) is 72.8 Å². The van der Waals surface area contributed by atoms with Crippen molar-refractivity contribution in [3.8, 4) is 0 Å². The third-order valence-electron chi connectivity index (χ3n) is 6.74. The Morgan fingerprint density at radius 2 is 0.288 bits per heavy atom. The van der Waals surface area contributed by atoms with Crippen LogP contribution in [0.5, 0.6) is 0 Å². The molecule has 0 saturated heterocycles. The summed E-state index contributed by atoms with van der Waals surface area (Å²) >= 11 is 0. The van der Waals surface area contributed by atoms with E-state index in [1.54, 1.807) is 0 Å². The summed E-state index contributed by atoms with van der Waals surface area (Å²) in [4.78, 5) is 27.1. The maximum atomic E-state index is 9.75. The number of aromatic nitrogens is 6. The van der Waals surface area contributed by atoms with Crippen molar-refractivity contribution in [3.05, 3.63) is 146 Å². The van der Waals surface area contributed by atoms with E-state index in [1.165, 1.54) is 0 Å². The topological polar surface area (TPSA) is 77.3 Å². The van der Waals surface area contributed by atoms with Crippen LogP contribution in [0.1, 0.15) is 0 Å². The predicted molar refractivity (Wildman–Crippen MR) is 192 cm³/mol. The number of hydrogen-bond acceptors (Lipinski definition) is 6. The number of nitrogens with zero attached hydrogens (tertiary/aromatic N) is 6. The number of fused-ring (bicyclic) bond motifs is 6. The lowest BCUT2D eigenvalue weighted by Crippen LogP contribution is -2.02. The minimum absolute atomic E-state index is 0.950. The van der Waals surface area contributed by atoms with Gasteiger partial charge in [-0.05, 0) is 72.8 Å². The molecule has 6 aromatic carbocycles. The van der Waals surface area contributed by atoms with E-state index in [4.69, 9.17) is 0 Å². The fourth-order valence-corrected chi connectivity index (χ4v) is 4.70. The molecule has 9 rings (SSSR count). The van der Waals surface area contributed by atoms with Crippen LogP contribution in [0.4, 0.5) is 34.5 Å². The van der Waals surface area contributed by atoms with Gasteiger partial charge in [0.05, 0.1) is 66.2 Å².